The van der Waals surface area contributed by atoms with E-state index in [1.807, 2.05) is 0 Å². The average molecular weight is 410 g/mol. The van der Waals surface area contributed by atoms with Crippen LogP contribution >= 0.6 is 0 Å². The summed E-state index contributed by atoms with van der Waals surface area (Å²) < 4.78 is 4.82. The van der Waals surface area contributed by atoms with Crippen molar-refractivity contribution in [1.29, 1.82) is 0 Å². The molecule has 2 aromatic heterocycles. The molecule has 4 saturated carbocycles. The van der Waals surface area contributed by atoms with Gasteiger partial charge < -0.3 is 10.1 Å². The van der Waals surface area contributed by atoms with Gasteiger partial charge in [0.05, 0.1) is 12.5 Å². The molecular formula is C23H31N5O2. The third kappa shape index (κ3) is 3.48. The number of esters is 1. The van der Waals surface area contributed by atoms with Crippen molar-refractivity contribution in [2.45, 2.75) is 69.6 Å². The average Bonchev–Trinajstić information content (AvgIpc) is 3.61. The van der Waals surface area contributed by atoms with Gasteiger partial charge in [-0.3, -0.25) is 9.89 Å². The molecule has 4 aliphatic rings. The Balaban J connectivity index is 0.000000149. The van der Waals surface area contributed by atoms with Crippen LogP contribution in [0.5, 0.6) is 0 Å². The Hall–Kier alpha value is -2.44. The number of fused-ring (bicyclic) bond motifs is 4. The zero-order valence-corrected chi connectivity index (χ0v) is 17.7. The van der Waals surface area contributed by atoms with E-state index in [1.54, 1.807) is 18.5 Å². The number of methoxy groups -OCH3 is 1. The van der Waals surface area contributed by atoms with Crippen LogP contribution in [0.3, 0.4) is 0 Å². The number of aromatic amines is 1. The van der Waals surface area contributed by atoms with Crippen LogP contribution in [0.2, 0.25) is 0 Å². The SMILES string of the molecule is COC(=O)C12CCC(CC1)C2.c1cnc(Nc2cc(C34CCC(CC3)C4)[nH]n2)nc1. The molecule has 0 radical (unpaired) electrons. The van der Waals surface area contributed by atoms with Gasteiger partial charge in [-0.2, -0.15) is 5.10 Å². The fourth-order valence-electron chi connectivity index (χ4n) is 6.40. The van der Waals surface area contributed by atoms with Crippen LogP contribution in [-0.4, -0.2) is 33.2 Å². The van der Waals surface area contributed by atoms with Gasteiger partial charge in [0, 0.05) is 29.6 Å². The van der Waals surface area contributed by atoms with Gasteiger partial charge >= 0.3 is 5.97 Å². The molecule has 4 aliphatic carbocycles. The quantitative estimate of drug-likeness (QED) is 0.722. The Bertz CT molecular complexity index is 880. The van der Waals surface area contributed by atoms with Crippen LogP contribution in [0.1, 0.15) is 69.9 Å². The van der Waals surface area contributed by atoms with Crippen molar-refractivity contribution in [2.75, 3.05) is 12.4 Å². The molecule has 160 valence electrons. The number of anilines is 2. The number of carbonyl (C=O) groups excluding carboxylic acids is 1. The third-order valence-electron chi connectivity index (χ3n) is 8.06. The van der Waals surface area contributed by atoms with Crippen molar-refractivity contribution >= 4 is 17.7 Å². The number of hydrogen-bond acceptors (Lipinski definition) is 6. The molecule has 6 rings (SSSR count). The summed E-state index contributed by atoms with van der Waals surface area (Å²) in [5.41, 5.74) is 1.61. The van der Waals surface area contributed by atoms with Gasteiger partial charge in [-0.25, -0.2) is 9.97 Å². The first-order chi connectivity index (χ1) is 14.6. The van der Waals surface area contributed by atoms with Crippen molar-refractivity contribution in [3.8, 4) is 0 Å². The highest BCUT2D eigenvalue weighted by Crippen LogP contribution is 2.55. The number of nitrogens with zero attached hydrogens (tertiary/aromatic N) is 3. The molecule has 0 aromatic carbocycles. The highest BCUT2D eigenvalue weighted by Gasteiger charge is 2.50. The molecule has 4 fully saturated rings. The predicted octanol–water partition coefficient (Wildman–Crippen LogP) is 4.51. The van der Waals surface area contributed by atoms with Gasteiger partial charge in [0.15, 0.2) is 5.82 Å². The number of aromatic nitrogens is 4. The molecule has 0 saturated heterocycles. The molecule has 30 heavy (non-hydrogen) atoms. The first-order valence-corrected chi connectivity index (χ1v) is 11.3. The standard InChI is InChI=1S/C14H17N5.C9H14O2/c1-6-15-13(16-7-1)17-12-8-11(18-19-12)14-4-2-10(9-14)3-5-14;1-11-8(10)9-4-2-7(6-9)3-5-9/h1,6-8,10H,2-5,9H2,(H2,15,16,17,18,19);7H,2-6H2,1H3. The molecule has 0 unspecified atom stereocenters. The molecule has 0 spiro atoms. The van der Waals surface area contributed by atoms with Gasteiger partial charge in [0.1, 0.15) is 0 Å². The maximum atomic E-state index is 11.4. The number of rotatable bonds is 4. The van der Waals surface area contributed by atoms with E-state index in [0.717, 1.165) is 36.9 Å². The minimum atomic E-state index is -0.0422. The molecule has 2 aromatic rings. The lowest BCUT2D eigenvalue weighted by molar-refractivity contribution is -0.152. The number of carbonyl (C=O) groups is 1. The molecular weight excluding hydrogens is 378 g/mol. The molecule has 0 atom stereocenters. The summed E-state index contributed by atoms with van der Waals surface area (Å²) in [4.78, 5) is 19.7. The Morgan fingerprint density at radius 1 is 1.07 bits per heavy atom. The Labute approximate surface area is 177 Å². The van der Waals surface area contributed by atoms with Gasteiger partial charge in [-0.1, -0.05) is 0 Å². The van der Waals surface area contributed by atoms with E-state index in [2.05, 4.69) is 31.5 Å². The van der Waals surface area contributed by atoms with E-state index in [1.165, 1.54) is 57.7 Å². The Kier molecular flexibility index (Phi) is 4.99. The van der Waals surface area contributed by atoms with Gasteiger partial charge in [0.2, 0.25) is 5.95 Å². The van der Waals surface area contributed by atoms with Crippen molar-refractivity contribution in [3.05, 3.63) is 30.2 Å². The van der Waals surface area contributed by atoms with E-state index in [0.29, 0.717) is 11.4 Å². The Morgan fingerprint density at radius 3 is 2.30 bits per heavy atom. The number of nitrogens with one attached hydrogen (secondary N) is 2. The van der Waals surface area contributed by atoms with Crippen molar-refractivity contribution in [3.63, 3.8) is 0 Å². The normalized spacial score (nSPS) is 33.2. The van der Waals surface area contributed by atoms with E-state index in [-0.39, 0.29) is 11.4 Å². The monoisotopic (exact) mass is 409 g/mol. The summed E-state index contributed by atoms with van der Waals surface area (Å²) in [6.45, 7) is 0. The largest absolute Gasteiger partial charge is 0.469 e. The maximum absolute atomic E-state index is 11.4. The van der Waals surface area contributed by atoms with Gasteiger partial charge in [-0.05, 0) is 82.1 Å². The first-order valence-electron chi connectivity index (χ1n) is 11.3. The Morgan fingerprint density at radius 2 is 1.73 bits per heavy atom. The summed E-state index contributed by atoms with van der Waals surface area (Å²) in [6.07, 6.45) is 15.9. The fourth-order valence-corrected chi connectivity index (χ4v) is 6.40. The van der Waals surface area contributed by atoms with E-state index in [4.69, 9.17) is 4.74 Å². The summed E-state index contributed by atoms with van der Waals surface area (Å²) in [5.74, 6) is 3.21. The van der Waals surface area contributed by atoms with Crippen LogP contribution in [0.15, 0.2) is 24.5 Å². The molecule has 7 heteroatoms. The molecule has 2 heterocycles. The minimum Gasteiger partial charge on any atom is -0.469 e. The smallest absolute Gasteiger partial charge is 0.311 e. The molecule has 7 nitrogen and oxygen atoms in total. The van der Waals surface area contributed by atoms with Gasteiger partial charge in [0.25, 0.3) is 0 Å². The number of H-pyrrole nitrogens is 1. The number of hydrogen-bond donors (Lipinski definition) is 2. The number of ether oxygens (including phenoxy) is 1. The lowest BCUT2D eigenvalue weighted by Crippen LogP contribution is -2.27. The highest BCUT2D eigenvalue weighted by molar-refractivity contribution is 5.77. The maximum Gasteiger partial charge on any atom is 0.311 e. The van der Waals surface area contributed by atoms with Crippen LogP contribution in [0, 0.1) is 17.3 Å². The summed E-state index contributed by atoms with van der Waals surface area (Å²) in [6, 6.07) is 3.93. The first kappa shape index (κ1) is 19.5. The van der Waals surface area contributed by atoms with Crippen LogP contribution < -0.4 is 5.32 Å². The molecule has 0 aliphatic heterocycles. The topological polar surface area (TPSA) is 92.8 Å². The summed E-state index contributed by atoms with van der Waals surface area (Å²) >= 11 is 0. The molecule has 2 N–H and O–H groups in total. The molecule has 4 bridgehead atoms. The van der Waals surface area contributed by atoms with Crippen LogP contribution in [-0.2, 0) is 14.9 Å². The van der Waals surface area contributed by atoms with E-state index < -0.39 is 0 Å². The minimum absolute atomic E-state index is 0.0394. The van der Waals surface area contributed by atoms with Crippen molar-refractivity contribution in [2.24, 2.45) is 17.3 Å². The van der Waals surface area contributed by atoms with E-state index in [9.17, 15) is 4.79 Å². The lowest BCUT2D eigenvalue weighted by Gasteiger charge is -2.24. The van der Waals surface area contributed by atoms with Crippen molar-refractivity contribution < 1.29 is 9.53 Å². The summed E-state index contributed by atoms with van der Waals surface area (Å²) in [7, 11) is 1.50. The highest BCUT2D eigenvalue weighted by atomic mass is 16.5. The van der Waals surface area contributed by atoms with Crippen molar-refractivity contribution in [1.82, 2.24) is 20.2 Å². The second-order valence-electron chi connectivity index (χ2n) is 9.71. The molecule has 0 amide bonds. The lowest BCUT2D eigenvalue weighted by atomic mass is 9.81. The van der Waals surface area contributed by atoms with Crippen LogP contribution in [0.25, 0.3) is 0 Å². The third-order valence-corrected chi connectivity index (χ3v) is 8.06. The fraction of sp³-hybridized carbons (Fsp3) is 0.652. The predicted molar refractivity (Wildman–Crippen MR) is 113 cm³/mol. The zero-order chi connectivity index (χ0) is 20.6. The van der Waals surface area contributed by atoms with E-state index >= 15 is 0 Å². The summed E-state index contributed by atoms with van der Waals surface area (Å²) in [5, 5.41) is 10.7. The second kappa shape index (κ2) is 7.67. The van der Waals surface area contributed by atoms with Crippen LogP contribution in [0.4, 0.5) is 11.8 Å². The zero-order valence-electron chi connectivity index (χ0n) is 17.7. The second-order valence-corrected chi connectivity index (χ2v) is 9.71. The van der Waals surface area contributed by atoms with Gasteiger partial charge in [-0.15, -0.1) is 0 Å².